The minimum absolute atomic E-state index is 0.188. The lowest BCUT2D eigenvalue weighted by Gasteiger charge is -2.34. The summed E-state index contributed by atoms with van der Waals surface area (Å²) in [7, 11) is 0. The Morgan fingerprint density at radius 1 is 1.15 bits per heavy atom. The maximum absolute atomic E-state index is 13.0. The molecular weight excluding hydrogens is 365 g/mol. The third-order valence-corrected chi connectivity index (χ3v) is 5.37. The number of esters is 1. The second-order valence-corrected chi connectivity index (χ2v) is 7.66. The standard InChI is InChI=1S/C22H25ClFNO2/c1-16(26)27-22(19-4-6-20(23)7-5-19)15-25-12-10-18(11-13-25)14-17-2-8-21(24)9-3-17/h2-9,18,22H,10-15H2,1H3/t22-/m0/s1. The molecule has 1 fully saturated rings. The van der Waals surface area contributed by atoms with Crippen molar-refractivity contribution in [1.82, 2.24) is 4.90 Å². The fourth-order valence-corrected chi connectivity index (χ4v) is 3.78. The number of likely N-dealkylation sites (tertiary alicyclic amines) is 1. The van der Waals surface area contributed by atoms with E-state index in [0.717, 1.165) is 37.9 Å². The van der Waals surface area contributed by atoms with Gasteiger partial charge in [0.25, 0.3) is 0 Å². The molecule has 3 rings (SSSR count). The number of nitrogens with zero attached hydrogens (tertiary/aromatic N) is 1. The van der Waals surface area contributed by atoms with Crippen LogP contribution in [-0.2, 0) is 16.0 Å². The van der Waals surface area contributed by atoms with E-state index in [2.05, 4.69) is 4.90 Å². The molecule has 2 aromatic carbocycles. The van der Waals surface area contributed by atoms with Gasteiger partial charge in [0.2, 0.25) is 0 Å². The second-order valence-electron chi connectivity index (χ2n) is 7.22. The van der Waals surface area contributed by atoms with Crippen molar-refractivity contribution in [1.29, 1.82) is 0 Å². The number of hydrogen-bond acceptors (Lipinski definition) is 3. The Balaban J connectivity index is 1.54. The highest BCUT2D eigenvalue weighted by Gasteiger charge is 2.24. The molecule has 0 bridgehead atoms. The minimum atomic E-state index is -0.284. The molecule has 1 aliphatic heterocycles. The Labute approximate surface area is 165 Å². The zero-order valence-corrected chi connectivity index (χ0v) is 16.3. The molecule has 1 saturated heterocycles. The third-order valence-electron chi connectivity index (χ3n) is 5.12. The molecule has 1 atom stereocenters. The van der Waals surface area contributed by atoms with Crippen molar-refractivity contribution in [3.05, 3.63) is 70.5 Å². The molecule has 0 aromatic heterocycles. The average Bonchev–Trinajstić information content (AvgIpc) is 2.65. The van der Waals surface area contributed by atoms with E-state index in [0.29, 0.717) is 17.5 Å². The number of ether oxygens (including phenoxy) is 1. The normalized spacial score (nSPS) is 16.9. The summed E-state index contributed by atoms with van der Waals surface area (Å²) >= 11 is 5.97. The smallest absolute Gasteiger partial charge is 0.303 e. The lowest BCUT2D eigenvalue weighted by Crippen LogP contribution is -2.37. The zero-order valence-electron chi connectivity index (χ0n) is 15.5. The van der Waals surface area contributed by atoms with Gasteiger partial charge in [-0.1, -0.05) is 35.9 Å². The molecule has 144 valence electrons. The van der Waals surface area contributed by atoms with Crippen LogP contribution in [0.4, 0.5) is 4.39 Å². The van der Waals surface area contributed by atoms with Gasteiger partial charge in [0.05, 0.1) is 0 Å². The lowest BCUT2D eigenvalue weighted by molar-refractivity contribution is -0.147. The number of carbonyl (C=O) groups is 1. The SMILES string of the molecule is CC(=O)O[C@@H](CN1CCC(Cc2ccc(F)cc2)CC1)c1ccc(Cl)cc1. The highest BCUT2D eigenvalue weighted by molar-refractivity contribution is 6.30. The van der Waals surface area contributed by atoms with E-state index < -0.39 is 0 Å². The maximum atomic E-state index is 13.0. The molecule has 0 saturated carbocycles. The van der Waals surface area contributed by atoms with Crippen molar-refractivity contribution in [2.45, 2.75) is 32.3 Å². The van der Waals surface area contributed by atoms with Crippen LogP contribution in [0.5, 0.6) is 0 Å². The van der Waals surface area contributed by atoms with Gasteiger partial charge >= 0.3 is 5.97 Å². The molecular formula is C22H25ClFNO2. The van der Waals surface area contributed by atoms with Crippen molar-refractivity contribution < 1.29 is 13.9 Å². The molecule has 3 nitrogen and oxygen atoms in total. The van der Waals surface area contributed by atoms with Gasteiger partial charge in [-0.3, -0.25) is 9.69 Å². The summed E-state index contributed by atoms with van der Waals surface area (Å²) in [5.74, 6) is 0.142. The van der Waals surface area contributed by atoms with Crippen LogP contribution in [0.1, 0.15) is 37.0 Å². The largest absolute Gasteiger partial charge is 0.456 e. The Morgan fingerprint density at radius 3 is 2.37 bits per heavy atom. The Kier molecular flexibility index (Phi) is 6.86. The first-order chi connectivity index (χ1) is 13.0. The monoisotopic (exact) mass is 389 g/mol. The molecule has 2 aromatic rings. The topological polar surface area (TPSA) is 29.5 Å². The number of piperidine rings is 1. The van der Waals surface area contributed by atoms with Gasteiger partial charge < -0.3 is 4.74 Å². The zero-order chi connectivity index (χ0) is 19.2. The van der Waals surface area contributed by atoms with E-state index in [-0.39, 0.29) is 17.9 Å². The van der Waals surface area contributed by atoms with Crippen molar-refractivity contribution in [2.24, 2.45) is 5.92 Å². The van der Waals surface area contributed by atoms with Crippen LogP contribution in [-0.4, -0.2) is 30.5 Å². The molecule has 0 unspecified atom stereocenters. The van der Waals surface area contributed by atoms with E-state index in [1.165, 1.54) is 24.6 Å². The first-order valence-corrected chi connectivity index (χ1v) is 9.77. The van der Waals surface area contributed by atoms with Gasteiger partial charge in [-0.25, -0.2) is 4.39 Å². The second kappa shape index (κ2) is 9.34. The van der Waals surface area contributed by atoms with Crippen molar-refractivity contribution in [2.75, 3.05) is 19.6 Å². The van der Waals surface area contributed by atoms with Crippen molar-refractivity contribution >= 4 is 17.6 Å². The molecule has 0 aliphatic carbocycles. The highest BCUT2D eigenvalue weighted by Crippen LogP contribution is 2.26. The van der Waals surface area contributed by atoms with Crippen LogP contribution < -0.4 is 0 Å². The van der Waals surface area contributed by atoms with E-state index in [1.807, 2.05) is 36.4 Å². The Bertz CT molecular complexity index is 740. The van der Waals surface area contributed by atoms with Crippen molar-refractivity contribution in [3.8, 4) is 0 Å². The summed E-state index contributed by atoms with van der Waals surface area (Å²) in [6.07, 6.45) is 2.88. The molecule has 0 N–H and O–H groups in total. The van der Waals surface area contributed by atoms with Gasteiger partial charge in [-0.05, 0) is 73.7 Å². The molecule has 0 spiro atoms. The van der Waals surface area contributed by atoms with Crippen LogP contribution in [0.3, 0.4) is 0 Å². The van der Waals surface area contributed by atoms with Crippen LogP contribution >= 0.6 is 11.6 Å². The van der Waals surface area contributed by atoms with Crippen LogP contribution in [0.25, 0.3) is 0 Å². The number of rotatable bonds is 6. The van der Waals surface area contributed by atoms with E-state index in [9.17, 15) is 9.18 Å². The van der Waals surface area contributed by atoms with E-state index >= 15 is 0 Å². The summed E-state index contributed by atoms with van der Waals surface area (Å²) in [6.45, 7) is 4.07. The summed E-state index contributed by atoms with van der Waals surface area (Å²) < 4.78 is 18.6. The summed E-state index contributed by atoms with van der Waals surface area (Å²) in [4.78, 5) is 13.9. The third kappa shape index (κ3) is 6.05. The average molecular weight is 390 g/mol. The molecule has 5 heteroatoms. The number of benzene rings is 2. The number of hydrogen-bond donors (Lipinski definition) is 0. The summed E-state index contributed by atoms with van der Waals surface area (Å²) in [5, 5.41) is 0.668. The predicted molar refractivity (Wildman–Crippen MR) is 105 cm³/mol. The predicted octanol–water partition coefficient (Wildman–Crippen LogP) is 5.04. The molecule has 1 heterocycles. The fraction of sp³-hybridized carbons (Fsp3) is 0.409. The van der Waals surface area contributed by atoms with Gasteiger partial charge in [0, 0.05) is 18.5 Å². The molecule has 0 amide bonds. The number of halogens is 2. The van der Waals surface area contributed by atoms with Gasteiger partial charge in [0.1, 0.15) is 11.9 Å². The Morgan fingerprint density at radius 2 is 1.78 bits per heavy atom. The summed E-state index contributed by atoms with van der Waals surface area (Å²) in [5.41, 5.74) is 2.15. The first kappa shape index (κ1) is 19.8. The van der Waals surface area contributed by atoms with Gasteiger partial charge in [-0.15, -0.1) is 0 Å². The van der Waals surface area contributed by atoms with Gasteiger partial charge in [-0.2, -0.15) is 0 Å². The maximum Gasteiger partial charge on any atom is 0.303 e. The van der Waals surface area contributed by atoms with Crippen molar-refractivity contribution in [3.63, 3.8) is 0 Å². The minimum Gasteiger partial charge on any atom is -0.456 e. The molecule has 1 aliphatic rings. The lowest BCUT2D eigenvalue weighted by atomic mass is 9.90. The van der Waals surface area contributed by atoms with Crippen LogP contribution in [0, 0.1) is 11.7 Å². The fourth-order valence-electron chi connectivity index (χ4n) is 3.65. The van der Waals surface area contributed by atoms with E-state index in [4.69, 9.17) is 16.3 Å². The first-order valence-electron chi connectivity index (χ1n) is 9.39. The van der Waals surface area contributed by atoms with E-state index in [1.54, 1.807) is 0 Å². The van der Waals surface area contributed by atoms with Gasteiger partial charge in [0.15, 0.2) is 0 Å². The summed E-state index contributed by atoms with van der Waals surface area (Å²) in [6, 6.07) is 14.3. The quantitative estimate of drug-likeness (QED) is 0.648. The molecule has 27 heavy (non-hydrogen) atoms. The van der Waals surface area contributed by atoms with Crippen LogP contribution in [0.2, 0.25) is 5.02 Å². The highest BCUT2D eigenvalue weighted by atomic mass is 35.5. The Hall–Kier alpha value is -1.91. The van der Waals surface area contributed by atoms with Crippen LogP contribution in [0.15, 0.2) is 48.5 Å². The molecule has 0 radical (unpaired) electrons. The number of carbonyl (C=O) groups excluding carboxylic acids is 1.